The van der Waals surface area contributed by atoms with Crippen LogP contribution in [-0.2, 0) is 9.59 Å². The highest BCUT2D eigenvalue weighted by Crippen LogP contribution is 2.44. The van der Waals surface area contributed by atoms with E-state index in [-0.39, 0.29) is 30.6 Å². The fourth-order valence-corrected chi connectivity index (χ4v) is 3.69. The molecular formula is C19H21Cl3F2N2O2S2. The van der Waals surface area contributed by atoms with Crippen molar-refractivity contribution >= 4 is 81.5 Å². The van der Waals surface area contributed by atoms with Crippen molar-refractivity contribution in [1.29, 1.82) is 0 Å². The molecule has 2 aromatic carbocycles. The molecule has 2 aromatic rings. The molecule has 0 spiro atoms. The predicted octanol–water partition coefficient (Wildman–Crippen LogP) is 7.35. The molecule has 166 valence electrons. The zero-order chi connectivity index (χ0) is 22.2. The SMILES string of the molecule is C.CC(=O)Nc1ccc(SC(Cl)(Cl)Cl)cc1F.CSc1ccc(NC(C)=O)c(F)c1. The summed E-state index contributed by atoms with van der Waals surface area (Å²) in [4.78, 5) is 22.7. The van der Waals surface area contributed by atoms with Crippen LogP contribution in [0.2, 0.25) is 0 Å². The van der Waals surface area contributed by atoms with E-state index in [1.54, 1.807) is 18.2 Å². The van der Waals surface area contributed by atoms with Crippen molar-refractivity contribution in [2.75, 3.05) is 16.9 Å². The van der Waals surface area contributed by atoms with E-state index >= 15 is 0 Å². The highest BCUT2D eigenvalue weighted by molar-refractivity contribution is 8.04. The highest BCUT2D eigenvalue weighted by atomic mass is 35.6. The molecule has 0 aliphatic heterocycles. The maximum absolute atomic E-state index is 13.4. The minimum absolute atomic E-state index is 0. The van der Waals surface area contributed by atoms with Gasteiger partial charge in [0.1, 0.15) is 11.6 Å². The first-order valence-electron chi connectivity index (χ1n) is 7.85. The minimum Gasteiger partial charge on any atom is -0.324 e. The molecule has 2 amide bonds. The Hall–Kier alpha value is -1.19. The van der Waals surface area contributed by atoms with Crippen molar-refractivity contribution in [1.82, 2.24) is 0 Å². The topological polar surface area (TPSA) is 58.2 Å². The number of hydrogen-bond donors (Lipinski definition) is 2. The van der Waals surface area contributed by atoms with Crippen LogP contribution in [-0.4, -0.2) is 21.2 Å². The molecule has 0 aliphatic rings. The molecule has 0 aliphatic carbocycles. The van der Waals surface area contributed by atoms with Crippen LogP contribution in [0.15, 0.2) is 46.2 Å². The molecule has 0 aromatic heterocycles. The van der Waals surface area contributed by atoms with Gasteiger partial charge in [0.2, 0.25) is 14.9 Å². The zero-order valence-corrected chi connectivity index (χ0v) is 19.4. The van der Waals surface area contributed by atoms with Crippen LogP contribution in [0.3, 0.4) is 0 Å². The number of amides is 2. The first-order valence-corrected chi connectivity index (χ1v) is 11.0. The second-order valence-electron chi connectivity index (χ2n) is 5.40. The second kappa shape index (κ2) is 13.3. The molecule has 0 heterocycles. The molecule has 30 heavy (non-hydrogen) atoms. The molecule has 0 fully saturated rings. The largest absolute Gasteiger partial charge is 0.324 e. The smallest absolute Gasteiger partial charge is 0.241 e. The monoisotopic (exact) mass is 516 g/mol. The quantitative estimate of drug-likeness (QED) is 0.329. The number of halogens is 5. The Balaban J connectivity index is 0.000000553. The number of anilines is 2. The number of alkyl halides is 3. The lowest BCUT2D eigenvalue weighted by molar-refractivity contribution is -0.115. The van der Waals surface area contributed by atoms with E-state index in [1.165, 1.54) is 43.8 Å². The van der Waals surface area contributed by atoms with Gasteiger partial charge in [-0.2, -0.15) is 0 Å². The number of hydrogen-bond acceptors (Lipinski definition) is 4. The number of carbonyl (C=O) groups is 2. The van der Waals surface area contributed by atoms with E-state index in [4.69, 9.17) is 34.8 Å². The summed E-state index contributed by atoms with van der Waals surface area (Å²) >= 11 is 19.0. The van der Waals surface area contributed by atoms with Crippen molar-refractivity contribution in [2.24, 2.45) is 0 Å². The maximum Gasteiger partial charge on any atom is 0.241 e. The van der Waals surface area contributed by atoms with Gasteiger partial charge in [-0.15, -0.1) is 11.8 Å². The number of rotatable bonds is 4. The van der Waals surface area contributed by atoms with Gasteiger partial charge in [-0.25, -0.2) is 8.78 Å². The summed E-state index contributed by atoms with van der Waals surface area (Å²) < 4.78 is 25.1. The van der Waals surface area contributed by atoms with Gasteiger partial charge in [0.25, 0.3) is 0 Å². The normalized spacial score (nSPS) is 10.3. The molecular weight excluding hydrogens is 497 g/mol. The van der Waals surface area contributed by atoms with Crippen molar-refractivity contribution in [3.8, 4) is 0 Å². The van der Waals surface area contributed by atoms with Gasteiger partial charge in [-0.05, 0) is 42.7 Å². The molecule has 2 rings (SSSR count). The molecule has 0 saturated heterocycles. The van der Waals surface area contributed by atoms with E-state index in [0.717, 1.165) is 16.7 Å². The Kier molecular flexibility index (Phi) is 12.7. The van der Waals surface area contributed by atoms with Crippen molar-refractivity contribution in [2.45, 2.75) is 34.2 Å². The van der Waals surface area contributed by atoms with Crippen LogP contribution in [0.1, 0.15) is 21.3 Å². The van der Waals surface area contributed by atoms with E-state index in [1.807, 2.05) is 6.26 Å². The summed E-state index contributed by atoms with van der Waals surface area (Å²) in [5, 5.41) is 4.74. The molecule has 11 heteroatoms. The summed E-state index contributed by atoms with van der Waals surface area (Å²) in [5.74, 6) is -1.59. The van der Waals surface area contributed by atoms with E-state index in [9.17, 15) is 18.4 Å². The Morgan fingerprint density at radius 2 is 1.27 bits per heavy atom. The van der Waals surface area contributed by atoms with Crippen LogP contribution < -0.4 is 10.6 Å². The lowest BCUT2D eigenvalue weighted by Crippen LogP contribution is -2.07. The lowest BCUT2D eigenvalue weighted by atomic mass is 10.3. The van der Waals surface area contributed by atoms with Crippen LogP contribution >= 0.6 is 58.3 Å². The lowest BCUT2D eigenvalue weighted by Gasteiger charge is -2.11. The van der Waals surface area contributed by atoms with Crippen molar-refractivity contribution in [3.63, 3.8) is 0 Å². The average Bonchev–Trinajstić information content (AvgIpc) is 2.57. The van der Waals surface area contributed by atoms with Gasteiger partial charge in [-0.1, -0.05) is 54.0 Å². The van der Waals surface area contributed by atoms with Gasteiger partial charge < -0.3 is 10.6 Å². The van der Waals surface area contributed by atoms with Crippen LogP contribution in [0.25, 0.3) is 0 Å². The van der Waals surface area contributed by atoms with Crippen LogP contribution in [0, 0.1) is 11.6 Å². The van der Waals surface area contributed by atoms with Crippen LogP contribution in [0.4, 0.5) is 20.2 Å². The van der Waals surface area contributed by atoms with Gasteiger partial charge in [0, 0.05) is 23.6 Å². The van der Waals surface area contributed by atoms with Crippen molar-refractivity contribution in [3.05, 3.63) is 48.0 Å². The van der Waals surface area contributed by atoms with E-state index in [2.05, 4.69) is 10.6 Å². The third-order valence-corrected chi connectivity index (χ3v) is 5.11. The first-order chi connectivity index (χ1) is 13.4. The fraction of sp³-hybridized carbons (Fsp3) is 0.263. The molecule has 0 bridgehead atoms. The Bertz CT molecular complexity index is 881. The van der Waals surface area contributed by atoms with Gasteiger partial charge in [-0.3, -0.25) is 9.59 Å². The van der Waals surface area contributed by atoms with E-state index < -0.39 is 14.8 Å². The molecule has 0 unspecified atom stereocenters. The number of nitrogens with one attached hydrogen (secondary N) is 2. The highest BCUT2D eigenvalue weighted by Gasteiger charge is 2.21. The van der Waals surface area contributed by atoms with Crippen molar-refractivity contribution < 1.29 is 18.4 Å². The van der Waals surface area contributed by atoms with E-state index in [0.29, 0.717) is 4.90 Å². The maximum atomic E-state index is 13.4. The zero-order valence-electron chi connectivity index (χ0n) is 15.5. The fourth-order valence-electron chi connectivity index (χ4n) is 1.90. The Morgan fingerprint density at radius 3 is 1.60 bits per heavy atom. The second-order valence-corrected chi connectivity index (χ2v) is 10.5. The minimum atomic E-state index is -1.54. The first kappa shape index (κ1) is 28.8. The Morgan fingerprint density at radius 1 is 0.867 bits per heavy atom. The molecule has 0 saturated carbocycles. The summed E-state index contributed by atoms with van der Waals surface area (Å²) in [5.41, 5.74) is 0.325. The molecule has 0 radical (unpaired) electrons. The molecule has 0 atom stereocenters. The van der Waals surface area contributed by atoms with Crippen LogP contribution in [0.5, 0.6) is 0 Å². The molecule has 2 N–H and O–H groups in total. The summed E-state index contributed by atoms with van der Waals surface area (Å²) in [6.07, 6.45) is 1.87. The molecule has 4 nitrogen and oxygen atoms in total. The average molecular weight is 518 g/mol. The summed E-state index contributed by atoms with van der Waals surface area (Å²) in [7, 11) is 0. The number of benzene rings is 2. The number of carbonyl (C=O) groups excluding carboxylic acids is 2. The standard InChI is InChI=1S/C9H7Cl3FNOS.C9H10FNOS.CH4/c1-5(15)14-8-3-2-6(4-7(8)13)16-9(10,11)12;1-6(12)11-9-4-3-7(13-2)5-8(9)10;/h2-4H,1H3,(H,14,15);3-5H,1-2H3,(H,11,12);1H4. The van der Waals surface area contributed by atoms with Gasteiger partial charge >= 0.3 is 0 Å². The summed E-state index contributed by atoms with van der Waals surface area (Å²) in [6.45, 7) is 2.64. The Labute approximate surface area is 198 Å². The predicted molar refractivity (Wildman–Crippen MR) is 126 cm³/mol. The van der Waals surface area contributed by atoms with Gasteiger partial charge in [0.05, 0.1) is 11.4 Å². The van der Waals surface area contributed by atoms with Gasteiger partial charge in [0.15, 0.2) is 0 Å². The third-order valence-electron chi connectivity index (χ3n) is 2.97. The summed E-state index contributed by atoms with van der Waals surface area (Å²) in [6, 6.07) is 8.88. The number of thioether (sulfide) groups is 2. The third kappa shape index (κ3) is 11.3.